The van der Waals surface area contributed by atoms with Crippen molar-refractivity contribution >= 4 is 5.97 Å². The summed E-state index contributed by atoms with van der Waals surface area (Å²) in [5.41, 5.74) is 0.834. The van der Waals surface area contributed by atoms with Crippen LogP contribution in [0.4, 0.5) is 0 Å². The predicted octanol–water partition coefficient (Wildman–Crippen LogP) is 2.40. The molecule has 1 atom stereocenters. The van der Waals surface area contributed by atoms with E-state index in [4.69, 9.17) is 9.15 Å². The smallest absolute Gasteiger partial charge is 0.330 e. The van der Waals surface area contributed by atoms with E-state index in [9.17, 15) is 4.79 Å². The lowest BCUT2D eigenvalue weighted by Crippen LogP contribution is -1.98. The molecule has 0 N–H and O–H groups in total. The monoisotopic (exact) mass is 234 g/mol. The van der Waals surface area contributed by atoms with E-state index in [0.717, 1.165) is 11.3 Å². The Kier molecular flexibility index (Phi) is 3.32. The molecule has 2 rings (SSSR count). The fraction of sp³-hybridized carbons (Fsp3) is 0.308. The first-order valence-corrected chi connectivity index (χ1v) is 5.32. The van der Waals surface area contributed by atoms with Gasteiger partial charge in [0.15, 0.2) is 0 Å². The summed E-state index contributed by atoms with van der Waals surface area (Å²) in [6.45, 7) is 0. The van der Waals surface area contributed by atoms with E-state index in [1.54, 1.807) is 13.4 Å². The van der Waals surface area contributed by atoms with Crippen LogP contribution in [0.2, 0.25) is 0 Å². The molecule has 4 heteroatoms. The topological polar surface area (TPSA) is 48.7 Å². The highest BCUT2D eigenvalue weighted by molar-refractivity contribution is 5.83. The second kappa shape index (κ2) is 4.91. The van der Waals surface area contributed by atoms with Crippen molar-refractivity contribution in [2.75, 3.05) is 14.2 Å². The molecule has 90 valence electrons. The number of methoxy groups -OCH3 is 2. The third-order valence-electron chi connectivity index (χ3n) is 2.73. The molecule has 0 spiro atoms. The van der Waals surface area contributed by atoms with E-state index in [1.807, 2.05) is 18.2 Å². The Morgan fingerprint density at radius 2 is 2.35 bits per heavy atom. The maximum Gasteiger partial charge on any atom is 0.330 e. The zero-order valence-corrected chi connectivity index (χ0v) is 9.80. The molecule has 0 radical (unpaired) electrons. The standard InChI is InChI=1S/C13H14O4/c1-15-12-7-9(11-4-3-5-17-11)6-10(12)8-13(14)16-2/h3-5,7-9H,6H2,1-2H3/b10-8+. The lowest BCUT2D eigenvalue weighted by molar-refractivity contribution is -0.134. The number of hydrogen-bond donors (Lipinski definition) is 0. The number of ether oxygens (including phenoxy) is 2. The van der Waals surface area contributed by atoms with E-state index in [-0.39, 0.29) is 11.9 Å². The molecular weight excluding hydrogens is 220 g/mol. The molecule has 17 heavy (non-hydrogen) atoms. The van der Waals surface area contributed by atoms with Crippen molar-refractivity contribution < 1.29 is 18.7 Å². The molecule has 0 aromatic carbocycles. The van der Waals surface area contributed by atoms with Gasteiger partial charge in [0.05, 0.1) is 20.5 Å². The molecule has 0 fully saturated rings. The van der Waals surface area contributed by atoms with Gasteiger partial charge < -0.3 is 13.9 Å². The first-order chi connectivity index (χ1) is 8.24. The van der Waals surface area contributed by atoms with Gasteiger partial charge in [-0.25, -0.2) is 4.79 Å². The highest BCUT2D eigenvalue weighted by Crippen LogP contribution is 2.37. The first kappa shape index (κ1) is 11.5. The van der Waals surface area contributed by atoms with Gasteiger partial charge in [-0.05, 0) is 24.6 Å². The number of esters is 1. The average molecular weight is 234 g/mol. The summed E-state index contributed by atoms with van der Waals surface area (Å²) in [4.78, 5) is 11.2. The van der Waals surface area contributed by atoms with Crippen molar-refractivity contribution in [3.05, 3.63) is 47.6 Å². The summed E-state index contributed by atoms with van der Waals surface area (Å²) in [6.07, 6.45) is 5.73. The van der Waals surface area contributed by atoms with Crippen LogP contribution >= 0.6 is 0 Å². The van der Waals surface area contributed by atoms with Gasteiger partial charge in [-0.1, -0.05) is 0 Å². The van der Waals surface area contributed by atoms with Crippen molar-refractivity contribution in [2.24, 2.45) is 0 Å². The van der Waals surface area contributed by atoms with E-state index in [0.29, 0.717) is 12.2 Å². The van der Waals surface area contributed by atoms with E-state index in [1.165, 1.54) is 13.2 Å². The summed E-state index contributed by atoms with van der Waals surface area (Å²) in [5, 5.41) is 0. The van der Waals surface area contributed by atoms with Gasteiger partial charge in [-0.15, -0.1) is 0 Å². The number of carbonyl (C=O) groups excluding carboxylic acids is 1. The fourth-order valence-electron chi connectivity index (χ4n) is 1.90. The normalized spacial score (nSPS) is 21.4. The highest BCUT2D eigenvalue weighted by atomic mass is 16.5. The Morgan fingerprint density at radius 3 is 2.94 bits per heavy atom. The van der Waals surface area contributed by atoms with Crippen molar-refractivity contribution in [1.82, 2.24) is 0 Å². The van der Waals surface area contributed by atoms with Crippen LogP contribution in [0, 0.1) is 0 Å². The molecule has 1 unspecified atom stereocenters. The Labute approximate surface area is 99.5 Å². The Morgan fingerprint density at radius 1 is 1.53 bits per heavy atom. The second-order valence-electron chi connectivity index (χ2n) is 3.75. The summed E-state index contributed by atoms with van der Waals surface area (Å²) < 4.78 is 15.2. The molecule has 0 saturated heterocycles. The summed E-state index contributed by atoms with van der Waals surface area (Å²) in [7, 11) is 2.94. The maximum atomic E-state index is 11.2. The first-order valence-electron chi connectivity index (χ1n) is 5.32. The highest BCUT2D eigenvalue weighted by Gasteiger charge is 2.25. The summed E-state index contributed by atoms with van der Waals surface area (Å²) in [5.74, 6) is 1.32. The van der Waals surface area contributed by atoms with E-state index < -0.39 is 0 Å². The van der Waals surface area contributed by atoms with Crippen LogP contribution in [0.3, 0.4) is 0 Å². The van der Waals surface area contributed by atoms with Crippen molar-refractivity contribution in [3.63, 3.8) is 0 Å². The Bertz CT molecular complexity index is 454. The Hall–Kier alpha value is -1.97. The third-order valence-corrected chi connectivity index (χ3v) is 2.73. The molecule has 1 aliphatic rings. The van der Waals surface area contributed by atoms with Crippen molar-refractivity contribution in [3.8, 4) is 0 Å². The molecule has 1 heterocycles. The number of rotatable bonds is 3. The van der Waals surface area contributed by atoms with Crippen LogP contribution in [0.1, 0.15) is 18.1 Å². The number of hydrogen-bond acceptors (Lipinski definition) is 4. The molecule has 1 aliphatic carbocycles. The molecule has 1 aromatic rings. The summed E-state index contributed by atoms with van der Waals surface area (Å²) in [6, 6.07) is 3.76. The van der Waals surface area contributed by atoms with Crippen LogP contribution in [-0.4, -0.2) is 20.2 Å². The van der Waals surface area contributed by atoms with Crippen LogP contribution in [-0.2, 0) is 14.3 Å². The van der Waals surface area contributed by atoms with Crippen LogP contribution in [0.5, 0.6) is 0 Å². The van der Waals surface area contributed by atoms with Gasteiger partial charge in [0, 0.05) is 17.6 Å². The van der Waals surface area contributed by atoms with E-state index >= 15 is 0 Å². The zero-order valence-electron chi connectivity index (χ0n) is 9.80. The van der Waals surface area contributed by atoms with Crippen molar-refractivity contribution in [2.45, 2.75) is 12.3 Å². The van der Waals surface area contributed by atoms with Crippen LogP contribution < -0.4 is 0 Å². The lowest BCUT2D eigenvalue weighted by Gasteiger charge is -2.03. The fourth-order valence-corrected chi connectivity index (χ4v) is 1.90. The molecule has 0 amide bonds. The quantitative estimate of drug-likeness (QED) is 0.595. The molecule has 1 aromatic heterocycles. The average Bonchev–Trinajstić information content (AvgIpc) is 2.96. The van der Waals surface area contributed by atoms with Gasteiger partial charge in [-0.3, -0.25) is 0 Å². The largest absolute Gasteiger partial charge is 0.497 e. The predicted molar refractivity (Wildman–Crippen MR) is 61.3 cm³/mol. The minimum Gasteiger partial charge on any atom is -0.497 e. The molecular formula is C13H14O4. The maximum absolute atomic E-state index is 11.2. The Balaban J connectivity index is 2.21. The zero-order chi connectivity index (χ0) is 12.3. The van der Waals surface area contributed by atoms with Gasteiger partial charge in [-0.2, -0.15) is 0 Å². The number of carbonyl (C=O) groups is 1. The molecule has 4 nitrogen and oxygen atoms in total. The van der Waals surface area contributed by atoms with E-state index in [2.05, 4.69) is 4.74 Å². The van der Waals surface area contributed by atoms with Crippen LogP contribution in [0.15, 0.2) is 46.3 Å². The molecule has 0 aliphatic heterocycles. The lowest BCUT2D eigenvalue weighted by atomic mass is 10.0. The number of allylic oxidation sites excluding steroid dienone is 2. The third kappa shape index (κ3) is 2.41. The van der Waals surface area contributed by atoms with Crippen LogP contribution in [0.25, 0.3) is 0 Å². The van der Waals surface area contributed by atoms with Gasteiger partial charge in [0.1, 0.15) is 11.5 Å². The summed E-state index contributed by atoms with van der Waals surface area (Å²) >= 11 is 0. The van der Waals surface area contributed by atoms with Gasteiger partial charge in [0.25, 0.3) is 0 Å². The van der Waals surface area contributed by atoms with Gasteiger partial charge in [0.2, 0.25) is 0 Å². The van der Waals surface area contributed by atoms with Crippen molar-refractivity contribution in [1.29, 1.82) is 0 Å². The number of furan rings is 1. The minimum atomic E-state index is -0.372. The minimum absolute atomic E-state index is 0.121. The molecule has 0 saturated carbocycles. The SMILES string of the molecule is COC(=O)/C=C1\CC(c2ccco2)C=C1OC. The molecule has 0 bridgehead atoms. The second-order valence-corrected chi connectivity index (χ2v) is 3.75. The van der Waals surface area contributed by atoms with Gasteiger partial charge >= 0.3 is 5.97 Å².